The number of nitrogens with zero attached hydrogens (tertiary/aromatic N) is 2. The van der Waals surface area contributed by atoms with E-state index in [1.807, 2.05) is 11.0 Å². The lowest BCUT2D eigenvalue weighted by molar-refractivity contribution is -0.126. The number of carbonyl (C=O) groups excluding carboxylic acids is 2. The number of nitrogens with one attached hydrogen (secondary N) is 1. The predicted octanol–water partition coefficient (Wildman–Crippen LogP) is 3.43. The molecule has 2 amide bonds. The summed E-state index contributed by atoms with van der Waals surface area (Å²) in [5.74, 6) is 1.69. The third-order valence-corrected chi connectivity index (χ3v) is 7.33. The van der Waals surface area contributed by atoms with Crippen LogP contribution in [0.3, 0.4) is 0 Å². The Hall–Kier alpha value is -2.17. The first-order valence-electron chi connectivity index (χ1n) is 10.6. The van der Waals surface area contributed by atoms with Crippen LogP contribution in [0.4, 0.5) is 0 Å². The van der Waals surface area contributed by atoms with Crippen LogP contribution >= 0.6 is 0 Å². The zero-order chi connectivity index (χ0) is 19.7. The van der Waals surface area contributed by atoms with Crippen molar-refractivity contribution in [2.45, 2.75) is 46.0 Å². The summed E-state index contributed by atoms with van der Waals surface area (Å²) >= 11 is 0. The second kappa shape index (κ2) is 7.69. The molecule has 1 aliphatic heterocycles. The Morgan fingerprint density at radius 1 is 1.25 bits per heavy atom. The third kappa shape index (κ3) is 3.59. The number of hydrogen-bond donors (Lipinski definition) is 1. The summed E-state index contributed by atoms with van der Waals surface area (Å²) in [6.45, 7) is 6.75. The number of likely N-dealkylation sites (tertiary alicyclic amines) is 1. The van der Waals surface area contributed by atoms with Crippen molar-refractivity contribution in [1.29, 1.82) is 0 Å². The van der Waals surface area contributed by atoms with Crippen molar-refractivity contribution in [2.75, 3.05) is 19.6 Å². The molecule has 5 heteroatoms. The maximum atomic E-state index is 12.6. The molecule has 1 saturated heterocycles. The summed E-state index contributed by atoms with van der Waals surface area (Å²) in [7, 11) is 0. The van der Waals surface area contributed by atoms with E-state index in [1.54, 1.807) is 23.9 Å². The number of amides is 2. The van der Waals surface area contributed by atoms with Gasteiger partial charge in [-0.2, -0.15) is 0 Å². The Bertz CT molecular complexity index is 763. The minimum atomic E-state index is -0.0369. The summed E-state index contributed by atoms with van der Waals surface area (Å²) in [4.78, 5) is 31.0. The summed E-state index contributed by atoms with van der Waals surface area (Å²) in [6.07, 6.45) is 9.02. The van der Waals surface area contributed by atoms with Crippen molar-refractivity contribution in [3.8, 4) is 0 Å². The number of allylic oxidation sites excluding steroid dienone is 1. The van der Waals surface area contributed by atoms with E-state index in [-0.39, 0.29) is 17.7 Å². The summed E-state index contributed by atoms with van der Waals surface area (Å²) < 4.78 is 0. The van der Waals surface area contributed by atoms with Gasteiger partial charge in [-0.3, -0.25) is 14.6 Å². The monoisotopic (exact) mass is 381 g/mol. The average Bonchev–Trinajstić information content (AvgIpc) is 2.74. The molecule has 2 unspecified atom stereocenters. The summed E-state index contributed by atoms with van der Waals surface area (Å²) in [5.41, 5.74) is 2.47. The fraction of sp³-hybridized carbons (Fsp3) is 0.609. The van der Waals surface area contributed by atoms with Crippen LogP contribution in [0.5, 0.6) is 0 Å². The number of carbonyl (C=O) groups is 2. The van der Waals surface area contributed by atoms with E-state index in [1.165, 1.54) is 12.8 Å². The highest BCUT2D eigenvalue weighted by Crippen LogP contribution is 2.59. The van der Waals surface area contributed by atoms with Gasteiger partial charge in [0.1, 0.15) is 5.69 Å². The Balaban J connectivity index is 1.21. The topological polar surface area (TPSA) is 62.3 Å². The normalized spacial score (nSPS) is 26.2. The van der Waals surface area contributed by atoms with Gasteiger partial charge in [-0.1, -0.05) is 31.6 Å². The average molecular weight is 382 g/mol. The molecule has 28 heavy (non-hydrogen) atoms. The van der Waals surface area contributed by atoms with Crippen molar-refractivity contribution in [3.63, 3.8) is 0 Å². The third-order valence-electron chi connectivity index (χ3n) is 7.33. The predicted molar refractivity (Wildman–Crippen MR) is 109 cm³/mol. The van der Waals surface area contributed by atoms with E-state index in [4.69, 9.17) is 0 Å². The number of rotatable bonds is 5. The van der Waals surface area contributed by atoms with Gasteiger partial charge in [-0.25, -0.2) is 0 Å². The molecule has 2 bridgehead atoms. The molecule has 1 N–H and O–H groups in total. The van der Waals surface area contributed by atoms with Crippen molar-refractivity contribution >= 4 is 11.8 Å². The molecule has 1 aromatic rings. The standard InChI is InChI=1S/C23H31N3O2/c1-23(2)18-7-6-16(19(23)15-18)8-12-25-21(27)17-9-13-26(14-10-17)22(28)20-5-3-4-11-24-20/h3-6,11,17-19H,7-10,12-15H2,1-2H3,(H,25,27). The highest BCUT2D eigenvalue weighted by atomic mass is 16.2. The van der Waals surface area contributed by atoms with Crippen molar-refractivity contribution in [3.05, 3.63) is 41.7 Å². The zero-order valence-corrected chi connectivity index (χ0v) is 17.0. The maximum absolute atomic E-state index is 12.6. The molecule has 0 radical (unpaired) electrons. The van der Waals surface area contributed by atoms with Crippen LogP contribution in [-0.4, -0.2) is 41.3 Å². The van der Waals surface area contributed by atoms with E-state index in [2.05, 4.69) is 30.2 Å². The van der Waals surface area contributed by atoms with Gasteiger partial charge in [0.2, 0.25) is 5.91 Å². The first kappa shape index (κ1) is 19.2. The van der Waals surface area contributed by atoms with Crippen LogP contribution in [0.25, 0.3) is 0 Å². The molecule has 0 spiro atoms. The maximum Gasteiger partial charge on any atom is 0.272 e. The molecular weight excluding hydrogens is 350 g/mol. The summed E-state index contributed by atoms with van der Waals surface area (Å²) in [5, 5.41) is 3.15. The van der Waals surface area contributed by atoms with Crippen molar-refractivity contribution in [1.82, 2.24) is 15.2 Å². The molecule has 4 aliphatic rings. The van der Waals surface area contributed by atoms with Gasteiger partial charge in [0.15, 0.2) is 0 Å². The Labute approximate surface area is 167 Å². The Morgan fingerprint density at radius 3 is 2.68 bits per heavy atom. The SMILES string of the molecule is CC1(C)C2CC=C(CCNC(=O)C3CCN(C(=O)c4ccccn4)CC3)C1C2. The number of hydrogen-bond acceptors (Lipinski definition) is 3. The largest absolute Gasteiger partial charge is 0.356 e. The molecule has 1 saturated carbocycles. The molecular formula is C23H31N3O2. The highest BCUT2D eigenvalue weighted by molar-refractivity contribution is 5.92. The molecule has 1 aromatic heterocycles. The van der Waals surface area contributed by atoms with Gasteiger partial charge in [0.25, 0.3) is 5.91 Å². The van der Waals surface area contributed by atoms with Gasteiger partial charge in [-0.05, 0) is 61.5 Å². The molecule has 0 aromatic carbocycles. The summed E-state index contributed by atoms with van der Waals surface area (Å²) in [6, 6.07) is 5.38. The molecule has 5 rings (SSSR count). The van der Waals surface area contributed by atoms with Crippen molar-refractivity contribution in [2.24, 2.45) is 23.2 Å². The minimum Gasteiger partial charge on any atom is -0.356 e. The Morgan fingerprint density at radius 2 is 2.04 bits per heavy atom. The van der Waals surface area contributed by atoms with E-state index in [0.717, 1.165) is 31.7 Å². The number of piperidine rings is 1. The fourth-order valence-electron chi connectivity index (χ4n) is 5.23. The van der Waals surface area contributed by atoms with Gasteiger partial charge in [0, 0.05) is 31.7 Å². The second-order valence-corrected chi connectivity index (χ2v) is 9.14. The lowest BCUT2D eigenvalue weighted by atomic mass is 9.48. The number of pyridine rings is 1. The smallest absolute Gasteiger partial charge is 0.272 e. The lowest BCUT2D eigenvalue weighted by Gasteiger charge is -2.56. The second-order valence-electron chi connectivity index (χ2n) is 9.14. The van der Waals surface area contributed by atoms with Crippen molar-refractivity contribution < 1.29 is 9.59 Å². The fourth-order valence-corrected chi connectivity index (χ4v) is 5.23. The molecule has 2 fully saturated rings. The first-order valence-corrected chi connectivity index (χ1v) is 10.6. The molecule has 3 aliphatic carbocycles. The van der Waals surface area contributed by atoms with Crippen LogP contribution < -0.4 is 5.32 Å². The van der Waals surface area contributed by atoms with E-state index < -0.39 is 0 Å². The number of aromatic nitrogens is 1. The number of fused-ring (bicyclic) bond motifs is 1. The molecule has 2 atom stereocenters. The van der Waals surface area contributed by atoms with E-state index in [9.17, 15) is 9.59 Å². The molecule has 5 nitrogen and oxygen atoms in total. The molecule has 150 valence electrons. The van der Waals surface area contributed by atoms with Crippen LogP contribution in [-0.2, 0) is 4.79 Å². The van der Waals surface area contributed by atoms with Crippen LogP contribution in [0.1, 0.15) is 56.4 Å². The first-order chi connectivity index (χ1) is 13.5. The van der Waals surface area contributed by atoms with Gasteiger partial charge >= 0.3 is 0 Å². The van der Waals surface area contributed by atoms with Gasteiger partial charge in [0.05, 0.1) is 0 Å². The van der Waals surface area contributed by atoms with Crippen LogP contribution in [0.15, 0.2) is 36.0 Å². The van der Waals surface area contributed by atoms with E-state index in [0.29, 0.717) is 30.1 Å². The highest BCUT2D eigenvalue weighted by Gasteiger charge is 2.50. The van der Waals surface area contributed by atoms with E-state index >= 15 is 0 Å². The van der Waals surface area contributed by atoms with Gasteiger partial charge in [-0.15, -0.1) is 0 Å². The van der Waals surface area contributed by atoms with Crippen LogP contribution in [0, 0.1) is 23.2 Å². The Kier molecular flexibility index (Phi) is 5.26. The lowest BCUT2D eigenvalue weighted by Crippen LogP contribution is -2.48. The minimum absolute atomic E-state index is 0.0117. The van der Waals surface area contributed by atoms with Crippen LogP contribution in [0.2, 0.25) is 0 Å². The molecule has 2 heterocycles. The zero-order valence-electron chi connectivity index (χ0n) is 17.0. The van der Waals surface area contributed by atoms with Gasteiger partial charge < -0.3 is 10.2 Å². The quantitative estimate of drug-likeness (QED) is 0.795.